The summed E-state index contributed by atoms with van der Waals surface area (Å²) in [6, 6.07) is 0. The fourth-order valence-corrected chi connectivity index (χ4v) is 2.31. The standard InChI is InChI=1S/C9H16FNO/c10-11-6-2-1-3-9(11)4-7-12-8-5-9/h1-8H2. The molecule has 1 spiro atoms. The molecule has 0 radical (unpaired) electrons. The molecule has 0 saturated carbocycles. The van der Waals surface area contributed by atoms with Crippen LogP contribution in [0.5, 0.6) is 0 Å². The topological polar surface area (TPSA) is 12.5 Å². The van der Waals surface area contributed by atoms with Crippen LogP contribution in [0, 0.1) is 0 Å². The van der Waals surface area contributed by atoms with Crippen LogP contribution in [0.15, 0.2) is 0 Å². The third kappa shape index (κ3) is 1.36. The van der Waals surface area contributed by atoms with Gasteiger partial charge in [-0.25, -0.2) is 0 Å². The monoisotopic (exact) mass is 173 g/mol. The Bertz CT molecular complexity index is 148. The van der Waals surface area contributed by atoms with Crippen molar-refractivity contribution in [1.29, 1.82) is 0 Å². The molecule has 2 saturated heterocycles. The van der Waals surface area contributed by atoms with Crippen LogP contribution in [0.2, 0.25) is 0 Å². The van der Waals surface area contributed by atoms with Crippen molar-refractivity contribution in [3.05, 3.63) is 0 Å². The SMILES string of the molecule is FN1CCCCC12CCOCC2. The second-order valence-corrected chi connectivity index (χ2v) is 3.88. The van der Waals surface area contributed by atoms with E-state index >= 15 is 0 Å². The lowest BCUT2D eigenvalue weighted by molar-refractivity contribution is -0.147. The highest BCUT2D eigenvalue weighted by Crippen LogP contribution is 2.36. The molecule has 3 heteroatoms. The molecule has 70 valence electrons. The zero-order valence-corrected chi connectivity index (χ0v) is 7.39. The van der Waals surface area contributed by atoms with Gasteiger partial charge in [0.05, 0.1) is 5.54 Å². The molecule has 2 aliphatic heterocycles. The zero-order chi connectivity index (χ0) is 8.44. The third-order valence-corrected chi connectivity index (χ3v) is 3.18. The van der Waals surface area contributed by atoms with Gasteiger partial charge in [0.1, 0.15) is 0 Å². The van der Waals surface area contributed by atoms with E-state index in [1.165, 1.54) is 6.42 Å². The minimum Gasteiger partial charge on any atom is -0.381 e. The van der Waals surface area contributed by atoms with E-state index in [9.17, 15) is 4.48 Å². The van der Waals surface area contributed by atoms with Gasteiger partial charge in [-0.05, 0) is 25.7 Å². The van der Waals surface area contributed by atoms with E-state index in [4.69, 9.17) is 4.74 Å². The Kier molecular flexibility index (Phi) is 2.33. The average Bonchev–Trinajstić information content (AvgIpc) is 2.12. The minimum absolute atomic E-state index is 0.142. The van der Waals surface area contributed by atoms with Crippen molar-refractivity contribution in [3.63, 3.8) is 0 Å². The molecule has 0 amide bonds. The predicted octanol–water partition coefficient (Wildman–Crippen LogP) is 1.91. The number of rotatable bonds is 0. The molecule has 2 rings (SSSR count). The van der Waals surface area contributed by atoms with Crippen LogP contribution < -0.4 is 0 Å². The van der Waals surface area contributed by atoms with Gasteiger partial charge in [0.2, 0.25) is 0 Å². The number of halogens is 1. The zero-order valence-electron chi connectivity index (χ0n) is 7.39. The van der Waals surface area contributed by atoms with Gasteiger partial charge in [-0.3, -0.25) is 0 Å². The Balaban J connectivity index is 2.04. The van der Waals surface area contributed by atoms with Crippen LogP contribution in [0.25, 0.3) is 0 Å². The Morgan fingerprint density at radius 2 is 1.83 bits per heavy atom. The van der Waals surface area contributed by atoms with E-state index in [1.807, 2.05) is 0 Å². The van der Waals surface area contributed by atoms with E-state index in [-0.39, 0.29) is 5.54 Å². The van der Waals surface area contributed by atoms with E-state index in [0.717, 1.165) is 44.0 Å². The van der Waals surface area contributed by atoms with Crippen LogP contribution in [-0.2, 0) is 4.74 Å². The summed E-state index contributed by atoms with van der Waals surface area (Å²) in [4.78, 5) is 0. The fourth-order valence-electron chi connectivity index (χ4n) is 2.31. The van der Waals surface area contributed by atoms with Crippen molar-refractivity contribution >= 4 is 0 Å². The molecular weight excluding hydrogens is 157 g/mol. The summed E-state index contributed by atoms with van der Waals surface area (Å²) >= 11 is 0. The Morgan fingerprint density at radius 3 is 2.50 bits per heavy atom. The summed E-state index contributed by atoms with van der Waals surface area (Å²) in [5.74, 6) is 0. The van der Waals surface area contributed by atoms with E-state index < -0.39 is 0 Å². The van der Waals surface area contributed by atoms with Crippen LogP contribution in [-0.4, -0.2) is 30.4 Å². The van der Waals surface area contributed by atoms with Gasteiger partial charge >= 0.3 is 0 Å². The molecule has 0 aromatic carbocycles. The van der Waals surface area contributed by atoms with Gasteiger partial charge in [-0.15, -0.1) is 9.60 Å². The van der Waals surface area contributed by atoms with Crippen molar-refractivity contribution in [2.45, 2.75) is 37.6 Å². The first-order valence-corrected chi connectivity index (χ1v) is 4.85. The van der Waals surface area contributed by atoms with Crippen molar-refractivity contribution in [1.82, 2.24) is 5.12 Å². The maximum Gasteiger partial charge on any atom is 0.0556 e. The summed E-state index contributed by atoms with van der Waals surface area (Å²) in [6.07, 6.45) is 4.97. The highest BCUT2D eigenvalue weighted by Gasteiger charge is 2.40. The highest BCUT2D eigenvalue weighted by molar-refractivity contribution is 4.91. The van der Waals surface area contributed by atoms with Crippen LogP contribution in [0.3, 0.4) is 0 Å². The quantitative estimate of drug-likeness (QED) is 0.519. The van der Waals surface area contributed by atoms with E-state index in [0.29, 0.717) is 6.54 Å². The maximum absolute atomic E-state index is 13.5. The molecule has 12 heavy (non-hydrogen) atoms. The second kappa shape index (κ2) is 3.30. The molecule has 0 bridgehead atoms. The van der Waals surface area contributed by atoms with Crippen molar-refractivity contribution < 1.29 is 9.22 Å². The highest BCUT2D eigenvalue weighted by atomic mass is 19.2. The molecule has 2 aliphatic rings. The van der Waals surface area contributed by atoms with Gasteiger partial charge in [0.25, 0.3) is 0 Å². The minimum atomic E-state index is -0.142. The maximum atomic E-state index is 13.5. The summed E-state index contributed by atoms with van der Waals surface area (Å²) in [6.45, 7) is 2.10. The summed E-state index contributed by atoms with van der Waals surface area (Å²) < 4.78 is 18.8. The van der Waals surface area contributed by atoms with E-state index in [2.05, 4.69) is 0 Å². The lowest BCUT2D eigenvalue weighted by Gasteiger charge is -2.44. The summed E-state index contributed by atoms with van der Waals surface area (Å²) in [5, 5.41) is 1.07. The Labute approximate surface area is 72.6 Å². The number of nitrogens with zero attached hydrogens (tertiary/aromatic N) is 1. The molecule has 0 N–H and O–H groups in total. The normalized spacial score (nSPS) is 30.8. The van der Waals surface area contributed by atoms with Gasteiger partial charge in [0, 0.05) is 19.8 Å². The first kappa shape index (κ1) is 8.45. The Hall–Kier alpha value is -0.150. The predicted molar refractivity (Wildman–Crippen MR) is 44.4 cm³/mol. The third-order valence-electron chi connectivity index (χ3n) is 3.18. The van der Waals surface area contributed by atoms with Crippen LogP contribution in [0.1, 0.15) is 32.1 Å². The molecule has 0 aliphatic carbocycles. The first-order valence-electron chi connectivity index (χ1n) is 4.85. The fraction of sp³-hybridized carbons (Fsp3) is 1.00. The smallest absolute Gasteiger partial charge is 0.0556 e. The first-order chi connectivity index (χ1) is 5.83. The summed E-state index contributed by atoms with van der Waals surface area (Å²) in [7, 11) is 0. The lowest BCUT2D eigenvalue weighted by Crippen LogP contribution is -2.50. The largest absolute Gasteiger partial charge is 0.381 e. The number of hydrogen-bond acceptors (Lipinski definition) is 2. The van der Waals surface area contributed by atoms with Gasteiger partial charge in [0.15, 0.2) is 0 Å². The summed E-state index contributed by atoms with van der Waals surface area (Å²) in [5.41, 5.74) is -0.142. The lowest BCUT2D eigenvalue weighted by atomic mass is 9.82. The van der Waals surface area contributed by atoms with Crippen LogP contribution in [0.4, 0.5) is 4.48 Å². The van der Waals surface area contributed by atoms with Crippen LogP contribution >= 0.6 is 0 Å². The number of hydrogen-bond donors (Lipinski definition) is 0. The van der Waals surface area contributed by atoms with Crippen molar-refractivity contribution in [2.24, 2.45) is 0 Å². The number of ether oxygens (including phenoxy) is 1. The average molecular weight is 173 g/mol. The molecule has 0 unspecified atom stereocenters. The molecule has 2 fully saturated rings. The molecule has 0 aromatic heterocycles. The van der Waals surface area contributed by atoms with Crippen molar-refractivity contribution in [2.75, 3.05) is 19.8 Å². The van der Waals surface area contributed by atoms with Gasteiger partial charge < -0.3 is 4.74 Å². The molecular formula is C9H16FNO. The second-order valence-electron chi connectivity index (χ2n) is 3.88. The molecule has 2 heterocycles. The Morgan fingerprint density at radius 1 is 1.08 bits per heavy atom. The van der Waals surface area contributed by atoms with Crippen molar-refractivity contribution in [3.8, 4) is 0 Å². The van der Waals surface area contributed by atoms with Gasteiger partial charge in [-0.2, -0.15) is 0 Å². The molecule has 0 atom stereocenters. The molecule has 0 aromatic rings. The van der Waals surface area contributed by atoms with Gasteiger partial charge in [-0.1, -0.05) is 6.42 Å². The van der Waals surface area contributed by atoms with E-state index in [1.54, 1.807) is 0 Å². The molecule has 2 nitrogen and oxygen atoms in total. The number of piperidine rings is 1.